The number of aromatic nitrogens is 2. The van der Waals surface area contributed by atoms with Gasteiger partial charge in [-0.1, -0.05) is 48.5 Å². The zero-order chi connectivity index (χ0) is 45.8. The Kier molecular flexibility index (Phi) is 18.1. The third-order valence-corrected chi connectivity index (χ3v) is 9.88. The van der Waals surface area contributed by atoms with E-state index in [1.54, 1.807) is 42.5 Å². The molecule has 66 heavy (non-hydrogen) atoms. The van der Waals surface area contributed by atoms with E-state index in [1.165, 1.54) is 60.5 Å². The Morgan fingerprint density at radius 1 is 0.803 bits per heavy atom. The van der Waals surface area contributed by atoms with E-state index >= 15 is 0 Å². The average molecular weight is 943 g/mol. The molecule has 0 unspecified atom stereocenters. The molecule has 18 nitrogen and oxygen atoms in total. The number of hydrogen-bond donors (Lipinski definition) is 5. The van der Waals surface area contributed by atoms with Crippen molar-refractivity contribution in [3.63, 3.8) is 0 Å². The van der Waals surface area contributed by atoms with Crippen LogP contribution in [0.3, 0.4) is 0 Å². The maximum Gasteiger partial charge on any atom is 0.338 e. The molecule has 0 fully saturated rings. The third-order valence-electron chi connectivity index (χ3n) is 9.88. The number of hydrogen-bond acceptors (Lipinski definition) is 12. The van der Waals surface area contributed by atoms with Crippen LogP contribution in [0.4, 0.5) is 0 Å². The second kappa shape index (κ2) is 23.6. The maximum absolute atomic E-state index is 13.1. The molecule has 7 rings (SSSR count). The number of esters is 1. The number of nitrogens with one attached hydrogen (secondary N) is 3. The van der Waals surface area contributed by atoms with Gasteiger partial charge in [0.25, 0.3) is 17.4 Å². The molecule has 19 heteroatoms. The van der Waals surface area contributed by atoms with Crippen LogP contribution in [0.1, 0.15) is 43.3 Å². The molecule has 0 spiro atoms. The predicted molar refractivity (Wildman–Crippen MR) is 238 cm³/mol. The van der Waals surface area contributed by atoms with Gasteiger partial charge in [-0.25, -0.2) is 4.79 Å². The van der Waals surface area contributed by atoms with Gasteiger partial charge in [-0.3, -0.25) is 28.8 Å². The minimum Gasteiger partial charge on any atom is -0.665 e. The quantitative estimate of drug-likeness (QED) is 0.0343. The van der Waals surface area contributed by atoms with Crippen LogP contribution >= 0.6 is 0 Å². The van der Waals surface area contributed by atoms with Gasteiger partial charge in [-0.05, 0) is 66.1 Å². The van der Waals surface area contributed by atoms with Crippen LogP contribution < -0.4 is 31.9 Å². The maximum atomic E-state index is 13.1. The number of phenols is 1. The smallest absolute Gasteiger partial charge is 0.338 e. The van der Waals surface area contributed by atoms with Crippen LogP contribution in [0.5, 0.6) is 11.5 Å². The number of methoxy groups -OCH3 is 1. The van der Waals surface area contributed by atoms with Crippen molar-refractivity contribution in [3.05, 3.63) is 182 Å². The van der Waals surface area contributed by atoms with Gasteiger partial charge in [0.2, 0.25) is 11.5 Å². The summed E-state index contributed by atoms with van der Waals surface area (Å²) < 4.78 is 16.1. The van der Waals surface area contributed by atoms with Gasteiger partial charge < -0.3 is 50.2 Å². The Balaban J connectivity index is 0.000000297. The minimum atomic E-state index is -0.753. The van der Waals surface area contributed by atoms with Crippen LogP contribution in [0.2, 0.25) is 0 Å². The minimum absolute atomic E-state index is 0. The van der Waals surface area contributed by atoms with Crippen molar-refractivity contribution >= 4 is 34.7 Å². The topological polar surface area (TPSA) is 271 Å². The summed E-state index contributed by atoms with van der Waals surface area (Å²) in [5, 5.41) is 25.5. The van der Waals surface area contributed by atoms with Gasteiger partial charge >= 0.3 is 5.97 Å². The van der Waals surface area contributed by atoms with E-state index < -0.39 is 28.9 Å². The van der Waals surface area contributed by atoms with Gasteiger partial charge in [0, 0.05) is 90.4 Å². The number of fused-ring (bicyclic) bond motifs is 2. The van der Waals surface area contributed by atoms with Gasteiger partial charge in [0.05, 0.1) is 18.4 Å². The molecule has 344 valence electrons. The van der Waals surface area contributed by atoms with Crippen LogP contribution in [-0.2, 0) is 33.0 Å². The number of ether oxygens (including phenoxy) is 2. The Morgan fingerprint density at radius 3 is 2.23 bits per heavy atom. The molecule has 3 aromatic carbocycles. The molecule has 0 radical (unpaired) electrons. The zero-order valence-electron chi connectivity index (χ0n) is 35.2. The summed E-state index contributed by atoms with van der Waals surface area (Å²) in [7, 11) is 4.75. The summed E-state index contributed by atoms with van der Waals surface area (Å²) in [6.07, 6.45) is 0.509. The van der Waals surface area contributed by atoms with E-state index in [4.69, 9.17) is 13.9 Å². The van der Waals surface area contributed by atoms with E-state index in [-0.39, 0.29) is 88.3 Å². The number of carbonyl (C=O) groups is 4. The molecule has 5 aromatic rings. The Labute approximate surface area is 386 Å². The Morgan fingerprint density at radius 2 is 1.50 bits per heavy atom. The molecule has 3 heterocycles. The molecule has 3 amide bonds. The second-order valence-electron chi connectivity index (χ2n) is 14.0. The number of aromatic hydroxyl groups is 1. The first-order valence-electron chi connectivity index (χ1n) is 19.7. The summed E-state index contributed by atoms with van der Waals surface area (Å²) in [5.74, 6) is -0.908. The molecular weight excluding hydrogens is 898 g/mol. The molecule has 0 saturated heterocycles. The largest absolute Gasteiger partial charge is 0.665 e. The molecule has 1 aliphatic heterocycles. The average Bonchev–Trinajstić information content (AvgIpc) is 3.30. The monoisotopic (exact) mass is 942 g/mol. The first kappa shape index (κ1) is 50.7. The van der Waals surface area contributed by atoms with Gasteiger partial charge in [-0.2, -0.15) is 7.11 Å². The molecule has 0 bridgehead atoms. The van der Waals surface area contributed by atoms with Crippen molar-refractivity contribution in [3.8, 4) is 33.9 Å². The van der Waals surface area contributed by atoms with E-state index in [0.29, 0.717) is 45.6 Å². The molecule has 1 aliphatic carbocycles. The van der Waals surface area contributed by atoms with E-state index in [9.17, 15) is 43.9 Å². The van der Waals surface area contributed by atoms with Crippen molar-refractivity contribution in [1.82, 2.24) is 25.2 Å². The first-order chi connectivity index (χ1) is 30.9. The number of nitrogens with zero attached hydrogens (tertiary/aromatic N) is 2. The predicted octanol–water partition coefficient (Wildman–Crippen LogP) is 3.80. The van der Waals surface area contributed by atoms with Gasteiger partial charge in [0.1, 0.15) is 28.5 Å². The summed E-state index contributed by atoms with van der Waals surface area (Å²) in [5.41, 5.74) is 2.20. The van der Waals surface area contributed by atoms with Gasteiger partial charge in [0.15, 0.2) is 5.43 Å². The fourth-order valence-electron chi connectivity index (χ4n) is 6.78. The number of benzene rings is 4. The van der Waals surface area contributed by atoms with Crippen molar-refractivity contribution in [2.24, 2.45) is 0 Å². The summed E-state index contributed by atoms with van der Waals surface area (Å²) in [4.78, 5) is 88.7. The van der Waals surface area contributed by atoms with Crippen molar-refractivity contribution in [2.45, 2.75) is 12.8 Å². The molecular formula is C47H44FeN5O13-. The number of phenolic OH excluding ortho intramolecular Hbond substituents is 1. The van der Waals surface area contributed by atoms with E-state index in [1.807, 2.05) is 24.3 Å². The van der Waals surface area contributed by atoms with Crippen molar-refractivity contribution in [2.75, 3.05) is 33.3 Å². The number of aromatic amines is 1. The van der Waals surface area contributed by atoms with Crippen molar-refractivity contribution < 1.29 is 65.9 Å². The number of para-hydroxylation sites is 1. The van der Waals surface area contributed by atoms with Crippen LogP contribution in [-0.4, -0.2) is 87.4 Å². The number of pyridine rings is 2. The second-order valence-corrected chi connectivity index (χ2v) is 14.0. The first-order valence-corrected chi connectivity index (χ1v) is 19.7. The number of aryl methyl sites for hydroxylation is 1. The van der Waals surface area contributed by atoms with E-state index in [2.05, 4.69) is 22.7 Å². The molecule has 0 atom stereocenters. The standard InChI is InChI=1S/C26H28N5O7.C21H14O5.Fe.H2O/c1-38-21-9-3-2-6-18(21)12-13-23(33)30(16-14-27-25(35)19-7-4-10-22(32)29-19)17-15-28-26(36)20-8-5-11-24(34)31(20)37;1-25-21(24)15-5-3-2-4-14(15)20-16-8-6-12(22)10-18(16)26-19-11-13(23)7-9-17(19)20;;/h2-11,37H,1,12-17H2,(H,27,35)(H,28,36)(H,29,32);2-11,22H,1H3;;1H2/q-1;;;. The van der Waals surface area contributed by atoms with E-state index in [0.717, 1.165) is 17.2 Å². The fourth-order valence-corrected chi connectivity index (χ4v) is 6.78. The number of amides is 3. The SMILES string of the molecule is COC(=O)c1ccccc1-c1c2ccc(=O)cc-2oc2cc(O)ccc12.O.[CH2-]Oc1ccccc1CCC(=O)N(CCNC(=O)c1cccc(=O)[nH]1)CCNC(=O)c1cccc(=O)n1O.[Fe]. The van der Waals surface area contributed by atoms with Crippen molar-refractivity contribution in [1.29, 1.82) is 0 Å². The normalized spacial score (nSPS) is 10.3. The number of H-pyrrole nitrogens is 1. The Bertz CT molecular complexity index is 2980. The molecule has 2 aromatic heterocycles. The summed E-state index contributed by atoms with van der Waals surface area (Å²) >= 11 is 0. The fraction of sp³-hybridized carbons (Fsp3) is 0.149. The Hall–Kier alpha value is -7.99. The van der Waals surface area contributed by atoms with Crippen LogP contribution in [0.15, 0.2) is 140 Å². The number of rotatable bonds is 14. The van der Waals surface area contributed by atoms with Crippen LogP contribution in [0.25, 0.3) is 33.4 Å². The number of carbonyl (C=O) groups excluding carboxylic acids is 4. The van der Waals surface area contributed by atoms with Crippen LogP contribution in [0, 0.1) is 7.11 Å². The summed E-state index contributed by atoms with van der Waals surface area (Å²) in [6, 6.07) is 31.5. The summed E-state index contributed by atoms with van der Waals surface area (Å²) in [6.45, 7) is 0.328. The van der Waals surface area contributed by atoms with Gasteiger partial charge in [-0.15, -0.1) is 4.73 Å². The molecule has 0 saturated carbocycles. The third kappa shape index (κ3) is 12.4. The molecule has 2 aliphatic rings. The zero-order valence-corrected chi connectivity index (χ0v) is 36.3. The molecule has 7 N–H and O–H groups in total.